The Hall–Kier alpha value is -2.05. The van der Waals surface area contributed by atoms with Crippen molar-refractivity contribution in [1.29, 1.82) is 0 Å². The van der Waals surface area contributed by atoms with E-state index < -0.39 is 0 Å². The molecule has 1 aliphatic heterocycles. The Labute approximate surface area is 158 Å². The van der Waals surface area contributed by atoms with Crippen molar-refractivity contribution in [3.63, 3.8) is 0 Å². The minimum atomic E-state index is -0.109. The second-order valence-electron chi connectivity index (χ2n) is 7.52. The minimum Gasteiger partial charge on any atom is -0.284 e. The molecule has 1 aromatic carbocycles. The van der Waals surface area contributed by atoms with E-state index in [0.29, 0.717) is 0 Å². The Morgan fingerprint density at radius 3 is 2.69 bits per heavy atom. The van der Waals surface area contributed by atoms with Crippen molar-refractivity contribution in [2.45, 2.75) is 51.7 Å². The summed E-state index contributed by atoms with van der Waals surface area (Å²) in [4.78, 5) is 3.81. The number of hydrogen-bond acceptors (Lipinski definition) is 5. The van der Waals surface area contributed by atoms with Crippen molar-refractivity contribution in [3.8, 4) is 0 Å². The number of benzene rings is 1. The largest absolute Gasteiger partial charge is 0.284 e. The molecule has 2 aromatic heterocycles. The summed E-state index contributed by atoms with van der Waals surface area (Å²) in [6.45, 7) is 8.52. The van der Waals surface area contributed by atoms with Crippen LogP contribution in [0.5, 0.6) is 0 Å². The van der Waals surface area contributed by atoms with E-state index in [0.717, 1.165) is 31.8 Å². The van der Waals surface area contributed by atoms with Crippen LogP contribution in [0.25, 0.3) is 0 Å². The molecule has 3 heterocycles. The van der Waals surface area contributed by atoms with E-state index in [4.69, 9.17) is 0 Å². The number of nitrogens with zero attached hydrogens (tertiary/aromatic N) is 5. The SMILES string of the molecule is CCC(C)(C)n1nnnc1[C@H](c1cccs1)N1CCc2ccccc2C1. The fourth-order valence-electron chi connectivity index (χ4n) is 3.60. The Bertz CT molecular complexity index is 868. The third-order valence-electron chi connectivity index (χ3n) is 5.51. The maximum atomic E-state index is 4.48. The van der Waals surface area contributed by atoms with Crippen LogP contribution < -0.4 is 0 Å². The van der Waals surface area contributed by atoms with E-state index in [1.165, 1.54) is 16.0 Å². The molecule has 0 unspecified atom stereocenters. The minimum absolute atomic E-state index is 0.0872. The zero-order chi connectivity index (χ0) is 18.1. The molecule has 5 nitrogen and oxygen atoms in total. The van der Waals surface area contributed by atoms with Gasteiger partial charge in [0.2, 0.25) is 0 Å². The zero-order valence-corrected chi connectivity index (χ0v) is 16.4. The molecule has 0 saturated carbocycles. The average Bonchev–Trinajstić information content (AvgIpc) is 3.35. The highest BCUT2D eigenvalue weighted by molar-refractivity contribution is 7.10. The average molecular weight is 368 g/mol. The molecule has 0 fully saturated rings. The van der Waals surface area contributed by atoms with Crippen molar-refractivity contribution < 1.29 is 0 Å². The van der Waals surface area contributed by atoms with E-state index in [1.54, 1.807) is 11.3 Å². The molecule has 4 rings (SSSR count). The lowest BCUT2D eigenvalue weighted by molar-refractivity contribution is 0.184. The molecule has 0 N–H and O–H groups in total. The lowest BCUT2D eigenvalue weighted by Crippen LogP contribution is -2.38. The van der Waals surface area contributed by atoms with Gasteiger partial charge in [-0.05, 0) is 59.7 Å². The van der Waals surface area contributed by atoms with Crippen LogP contribution in [0.2, 0.25) is 0 Å². The van der Waals surface area contributed by atoms with Crippen molar-refractivity contribution >= 4 is 11.3 Å². The van der Waals surface area contributed by atoms with Crippen LogP contribution in [0.15, 0.2) is 41.8 Å². The van der Waals surface area contributed by atoms with Crippen molar-refractivity contribution in [2.24, 2.45) is 0 Å². The highest BCUT2D eigenvalue weighted by Gasteiger charge is 2.34. The van der Waals surface area contributed by atoms with Crippen molar-refractivity contribution in [2.75, 3.05) is 6.54 Å². The molecular formula is C20H25N5S. The summed E-state index contributed by atoms with van der Waals surface area (Å²) in [7, 11) is 0. The van der Waals surface area contributed by atoms with Gasteiger partial charge in [0.05, 0.1) is 5.54 Å². The van der Waals surface area contributed by atoms with Crippen LogP contribution in [0.3, 0.4) is 0 Å². The lowest BCUT2D eigenvalue weighted by atomic mass is 9.97. The van der Waals surface area contributed by atoms with Gasteiger partial charge in [0.1, 0.15) is 6.04 Å². The van der Waals surface area contributed by atoms with Gasteiger partial charge < -0.3 is 0 Å². The van der Waals surface area contributed by atoms with Crippen molar-refractivity contribution in [3.05, 3.63) is 63.6 Å². The Balaban J connectivity index is 1.76. The van der Waals surface area contributed by atoms with Gasteiger partial charge >= 0.3 is 0 Å². The van der Waals surface area contributed by atoms with Crippen LogP contribution in [0, 0.1) is 0 Å². The Morgan fingerprint density at radius 2 is 1.96 bits per heavy atom. The van der Waals surface area contributed by atoms with Gasteiger partial charge in [-0.1, -0.05) is 37.3 Å². The number of tetrazole rings is 1. The third kappa shape index (κ3) is 3.08. The molecule has 6 heteroatoms. The number of rotatable bonds is 5. The standard InChI is InChI=1S/C20H25N5S/c1-4-20(2,3)25-19(21-22-23-25)18(17-10-7-13-26-17)24-12-11-15-8-5-6-9-16(15)14-24/h5-10,13,18H,4,11-12,14H2,1-3H3/t18-/m0/s1. The quantitative estimate of drug-likeness (QED) is 0.683. The van der Waals surface area contributed by atoms with Gasteiger partial charge in [-0.25, -0.2) is 4.68 Å². The predicted molar refractivity (Wildman–Crippen MR) is 104 cm³/mol. The highest BCUT2D eigenvalue weighted by atomic mass is 32.1. The Kier molecular flexibility index (Phi) is 4.63. The van der Waals surface area contributed by atoms with Gasteiger partial charge in [-0.2, -0.15) is 0 Å². The summed E-state index contributed by atoms with van der Waals surface area (Å²) < 4.78 is 2.03. The fourth-order valence-corrected chi connectivity index (χ4v) is 4.46. The van der Waals surface area contributed by atoms with Crippen LogP contribution in [-0.4, -0.2) is 31.7 Å². The van der Waals surface area contributed by atoms with Crippen molar-refractivity contribution in [1.82, 2.24) is 25.1 Å². The molecule has 0 spiro atoms. The zero-order valence-electron chi connectivity index (χ0n) is 15.6. The summed E-state index contributed by atoms with van der Waals surface area (Å²) >= 11 is 1.78. The summed E-state index contributed by atoms with van der Waals surface area (Å²) in [5.41, 5.74) is 2.76. The predicted octanol–water partition coefficient (Wildman–Crippen LogP) is 4.03. The first kappa shape index (κ1) is 17.4. The van der Waals surface area contributed by atoms with E-state index in [2.05, 4.69) is 83.0 Å². The molecule has 0 radical (unpaired) electrons. The van der Waals surface area contributed by atoms with Gasteiger partial charge in [0.25, 0.3) is 0 Å². The van der Waals surface area contributed by atoms with Crippen LogP contribution in [0.4, 0.5) is 0 Å². The second kappa shape index (κ2) is 6.93. The highest BCUT2D eigenvalue weighted by Crippen LogP contribution is 2.35. The fraction of sp³-hybridized carbons (Fsp3) is 0.450. The second-order valence-corrected chi connectivity index (χ2v) is 8.50. The lowest BCUT2D eigenvalue weighted by Gasteiger charge is -2.36. The normalized spacial score (nSPS) is 16.4. The number of hydrogen-bond donors (Lipinski definition) is 0. The van der Waals surface area contributed by atoms with Gasteiger partial charge in [-0.15, -0.1) is 16.4 Å². The summed E-state index contributed by atoms with van der Waals surface area (Å²) in [5.74, 6) is 0.943. The molecule has 0 aliphatic carbocycles. The van der Waals surface area contributed by atoms with Gasteiger partial charge in [-0.3, -0.25) is 4.90 Å². The summed E-state index contributed by atoms with van der Waals surface area (Å²) in [6.07, 6.45) is 2.04. The first-order valence-corrected chi connectivity index (χ1v) is 10.1. The smallest absolute Gasteiger partial charge is 0.174 e. The third-order valence-corrected chi connectivity index (χ3v) is 6.44. The van der Waals surface area contributed by atoms with E-state index in [1.807, 2.05) is 4.68 Å². The van der Waals surface area contributed by atoms with E-state index in [-0.39, 0.29) is 11.6 Å². The number of thiophene rings is 1. The maximum absolute atomic E-state index is 4.48. The molecule has 0 bridgehead atoms. The van der Waals surface area contributed by atoms with E-state index in [9.17, 15) is 0 Å². The molecule has 136 valence electrons. The summed E-state index contributed by atoms with van der Waals surface area (Å²) in [5, 5.41) is 15.0. The summed E-state index contributed by atoms with van der Waals surface area (Å²) in [6, 6.07) is 13.2. The van der Waals surface area contributed by atoms with Crippen LogP contribution >= 0.6 is 11.3 Å². The monoisotopic (exact) mass is 367 g/mol. The topological polar surface area (TPSA) is 46.8 Å². The Morgan fingerprint density at radius 1 is 1.15 bits per heavy atom. The van der Waals surface area contributed by atoms with Crippen LogP contribution in [-0.2, 0) is 18.5 Å². The van der Waals surface area contributed by atoms with E-state index >= 15 is 0 Å². The first-order chi connectivity index (χ1) is 12.6. The first-order valence-electron chi connectivity index (χ1n) is 9.23. The van der Waals surface area contributed by atoms with Gasteiger partial charge in [0.15, 0.2) is 5.82 Å². The van der Waals surface area contributed by atoms with Gasteiger partial charge in [0, 0.05) is 18.0 Å². The molecule has 3 aromatic rings. The number of fused-ring (bicyclic) bond motifs is 1. The molecule has 0 saturated heterocycles. The molecular weight excluding hydrogens is 342 g/mol. The molecule has 26 heavy (non-hydrogen) atoms. The molecule has 1 aliphatic rings. The molecule has 1 atom stereocenters. The number of aromatic nitrogens is 4. The van der Waals surface area contributed by atoms with Crippen LogP contribution in [0.1, 0.15) is 55.1 Å². The maximum Gasteiger partial charge on any atom is 0.174 e. The molecule has 0 amide bonds.